The quantitative estimate of drug-likeness (QED) is 0.862. The fourth-order valence-corrected chi connectivity index (χ4v) is 2.60. The molecule has 1 N–H and O–H groups in total. The van der Waals surface area contributed by atoms with Crippen molar-refractivity contribution in [2.24, 2.45) is 0 Å². The van der Waals surface area contributed by atoms with Crippen molar-refractivity contribution in [1.29, 1.82) is 0 Å². The van der Waals surface area contributed by atoms with Gasteiger partial charge in [-0.25, -0.2) is 4.39 Å². The lowest BCUT2D eigenvalue weighted by Crippen LogP contribution is -2.27. The van der Waals surface area contributed by atoms with Crippen LogP contribution in [0.1, 0.15) is 32.1 Å². The third-order valence-electron chi connectivity index (χ3n) is 3.87. The van der Waals surface area contributed by atoms with Gasteiger partial charge in [-0.15, -0.1) is 0 Å². The molecule has 1 aliphatic carbocycles. The highest BCUT2D eigenvalue weighted by Gasteiger charge is 2.19. The highest BCUT2D eigenvalue weighted by atomic mass is 19.1. The minimum Gasteiger partial charge on any atom is -0.382 e. The molecule has 92 valence electrons. The van der Waals surface area contributed by atoms with Gasteiger partial charge in [-0.1, -0.05) is 0 Å². The SMILES string of the molecule is Fc1cc(NC2CCC2)ccc1N1CCCC1. The molecule has 0 radical (unpaired) electrons. The maximum atomic E-state index is 14.0. The van der Waals surface area contributed by atoms with Crippen molar-refractivity contribution in [3.63, 3.8) is 0 Å². The number of hydrogen-bond acceptors (Lipinski definition) is 2. The Labute approximate surface area is 102 Å². The molecule has 0 unspecified atom stereocenters. The summed E-state index contributed by atoms with van der Waals surface area (Å²) in [6.45, 7) is 1.98. The summed E-state index contributed by atoms with van der Waals surface area (Å²) >= 11 is 0. The van der Waals surface area contributed by atoms with Crippen molar-refractivity contribution < 1.29 is 4.39 Å². The van der Waals surface area contributed by atoms with Gasteiger partial charge in [-0.3, -0.25) is 0 Å². The van der Waals surface area contributed by atoms with Crippen LogP contribution in [-0.4, -0.2) is 19.1 Å². The van der Waals surface area contributed by atoms with Gasteiger partial charge in [-0.2, -0.15) is 0 Å². The minimum absolute atomic E-state index is 0.0868. The average molecular weight is 234 g/mol. The Morgan fingerprint density at radius 3 is 2.47 bits per heavy atom. The fraction of sp³-hybridized carbons (Fsp3) is 0.571. The molecule has 0 amide bonds. The van der Waals surface area contributed by atoms with Crippen LogP contribution in [-0.2, 0) is 0 Å². The van der Waals surface area contributed by atoms with Crippen molar-refractivity contribution in [2.45, 2.75) is 38.1 Å². The van der Waals surface area contributed by atoms with Crippen LogP contribution in [0, 0.1) is 5.82 Å². The van der Waals surface area contributed by atoms with E-state index in [0.717, 1.165) is 24.5 Å². The molecule has 2 fully saturated rings. The summed E-state index contributed by atoms with van der Waals surface area (Å²) in [6.07, 6.45) is 6.10. The highest BCUT2D eigenvalue weighted by molar-refractivity contribution is 5.57. The smallest absolute Gasteiger partial charge is 0.148 e. The zero-order valence-electron chi connectivity index (χ0n) is 10.1. The van der Waals surface area contributed by atoms with Crippen molar-refractivity contribution in [1.82, 2.24) is 0 Å². The van der Waals surface area contributed by atoms with E-state index in [1.54, 1.807) is 6.07 Å². The third-order valence-corrected chi connectivity index (χ3v) is 3.87. The molecule has 1 aromatic carbocycles. The van der Waals surface area contributed by atoms with E-state index in [1.807, 2.05) is 12.1 Å². The van der Waals surface area contributed by atoms with E-state index < -0.39 is 0 Å². The first-order valence-corrected chi connectivity index (χ1v) is 6.64. The van der Waals surface area contributed by atoms with Crippen molar-refractivity contribution in [3.05, 3.63) is 24.0 Å². The van der Waals surface area contributed by atoms with Gasteiger partial charge in [0.05, 0.1) is 5.69 Å². The van der Waals surface area contributed by atoms with Crippen LogP contribution in [0.4, 0.5) is 15.8 Å². The molecule has 1 heterocycles. The van der Waals surface area contributed by atoms with Crippen LogP contribution in [0.3, 0.4) is 0 Å². The lowest BCUT2D eigenvalue weighted by molar-refractivity contribution is 0.445. The Morgan fingerprint density at radius 1 is 1.12 bits per heavy atom. The molecule has 3 heteroatoms. The molecule has 0 aromatic heterocycles. The number of nitrogens with zero attached hydrogens (tertiary/aromatic N) is 1. The van der Waals surface area contributed by atoms with Crippen LogP contribution in [0.25, 0.3) is 0 Å². The van der Waals surface area contributed by atoms with Crippen LogP contribution in [0.2, 0.25) is 0 Å². The van der Waals surface area contributed by atoms with E-state index in [4.69, 9.17) is 0 Å². The summed E-state index contributed by atoms with van der Waals surface area (Å²) in [5.74, 6) is -0.0868. The second kappa shape index (κ2) is 4.55. The first-order valence-electron chi connectivity index (χ1n) is 6.64. The molecule has 0 atom stereocenters. The van der Waals surface area contributed by atoms with Gasteiger partial charge in [0.2, 0.25) is 0 Å². The number of benzene rings is 1. The lowest BCUT2D eigenvalue weighted by atomic mass is 9.93. The molecular formula is C14H19FN2. The molecule has 1 saturated heterocycles. The monoisotopic (exact) mass is 234 g/mol. The van der Waals surface area contributed by atoms with Crippen LogP contribution in [0.15, 0.2) is 18.2 Å². The second-order valence-corrected chi connectivity index (χ2v) is 5.13. The van der Waals surface area contributed by atoms with Gasteiger partial charge in [0, 0.05) is 24.8 Å². The number of anilines is 2. The molecule has 17 heavy (non-hydrogen) atoms. The minimum atomic E-state index is -0.0868. The number of halogens is 1. The molecule has 2 aliphatic rings. The standard InChI is InChI=1S/C14H19FN2/c15-13-10-12(16-11-4-3-5-11)6-7-14(13)17-8-1-2-9-17/h6-7,10-11,16H,1-5,8-9H2. The van der Waals surface area contributed by atoms with E-state index >= 15 is 0 Å². The zero-order chi connectivity index (χ0) is 11.7. The summed E-state index contributed by atoms with van der Waals surface area (Å²) in [5.41, 5.74) is 1.69. The molecular weight excluding hydrogens is 215 g/mol. The molecule has 2 nitrogen and oxygen atoms in total. The molecule has 0 bridgehead atoms. The second-order valence-electron chi connectivity index (χ2n) is 5.13. The highest BCUT2D eigenvalue weighted by Crippen LogP contribution is 2.28. The van der Waals surface area contributed by atoms with Crippen molar-refractivity contribution in [2.75, 3.05) is 23.3 Å². The molecule has 3 rings (SSSR count). The predicted octanol–water partition coefficient (Wildman–Crippen LogP) is 3.39. The summed E-state index contributed by atoms with van der Waals surface area (Å²) < 4.78 is 14.0. The fourth-order valence-electron chi connectivity index (χ4n) is 2.60. The number of hydrogen-bond donors (Lipinski definition) is 1. The molecule has 1 aliphatic heterocycles. The van der Waals surface area contributed by atoms with Crippen LogP contribution < -0.4 is 10.2 Å². The number of rotatable bonds is 3. The van der Waals surface area contributed by atoms with Gasteiger partial charge in [0.15, 0.2) is 0 Å². The Kier molecular flexibility index (Phi) is 2.91. The van der Waals surface area contributed by atoms with Crippen LogP contribution in [0.5, 0.6) is 0 Å². The Balaban J connectivity index is 1.73. The first-order chi connectivity index (χ1) is 8.33. The van der Waals surface area contributed by atoms with E-state index in [-0.39, 0.29) is 5.82 Å². The molecule has 1 saturated carbocycles. The van der Waals surface area contributed by atoms with Gasteiger partial charge < -0.3 is 10.2 Å². The largest absolute Gasteiger partial charge is 0.382 e. The predicted molar refractivity (Wildman–Crippen MR) is 69.1 cm³/mol. The maximum Gasteiger partial charge on any atom is 0.148 e. The van der Waals surface area contributed by atoms with Crippen molar-refractivity contribution >= 4 is 11.4 Å². The summed E-state index contributed by atoms with van der Waals surface area (Å²) in [6, 6.07) is 6.13. The van der Waals surface area contributed by atoms with Gasteiger partial charge in [0.1, 0.15) is 5.82 Å². The Hall–Kier alpha value is -1.25. The summed E-state index contributed by atoms with van der Waals surface area (Å²) in [7, 11) is 0. The van der Waals surface area contributed by atoms with Crippen LogP contribution >= 0.6 is 0 Å². The Bertz CT molecular complexity index is 395. The van der Waals surface area contributed by atoms with E-state index in [1.165, 1.54) is 32.1 Å². The molecule has 1 aromatic rings. The molecule has 0 spiro atoms. The van der Waals surface area contributed by atoms with Gasteiger partial charge >= 0.3 is 0 Å². The van der Waals surface area contributed by atoms with Gasteiger partial charge in [0.25, 0.3) is 0 Å². The van der Waals surface area contributed by atoms with Gasteiger partial charge in [-0.05, 0) is 50.3 Å². The Morgan fingerprint density at radius 2 is 1.88 bits per heavy atom. The topological polar surface area (TPSA) is 15.3 Å². The van der Waals surface area contributed by atoms with E-state index in [9.17, 15) is 4.39 Å². The maximum absolute atomic E-state index is 14.0. The van der Waals surface area contributed by atoms with E-state index in [0.29, 0.717) is 6.04 Å². The van der Waals surface area contributed by atoms with Crippen molar-refractivity contribution in [3.8, 4) is 0 Å². The number of nitrogens with one attached hydrogen (secondary N) is 1. The third kappa shape index (κ3) is 2.24. The zero-order valence-corrected chi connectivity index (χ0v) is 10.1. The summed E-state index contributed by atoms with van der Waals surface area (Å²) in [5, 5.41) is 3.38. The normalized spacial score (nSPS) is 20.4. The first kappa shape index (κ1) is 10.9. The lowest BCUT2D eigenvalue weighted by Gasteiger charge is -2.28. The summed E-state index contributed by atoms with van der Waals surface area (Å²) in [4.78, 5) is 2.14. The van der Waals surface area contributed by atoms with E-state index in [2.05, 4.69) is 10.2 Å². The average Bonchev–Trinajstić information content (AvgIpc) is 2.77.